The molecule has 0 spiro atoms. The normalized spacial score (nSPS) is 12.4. The Bertz CT molecular complexity index is 537. The van der Waals surface area contributed by atoms with E-state index in [-0.39, 0.29) is 11.2 Å². The zero-order valence-corrected chi connectivity index (χ0v) is 12.6. The number of aromatic nitrogens is 4. The van der Waals surface area contributed by atoms with E-state index in [0.717, 1.165) is 0 Å². The molecule has 2 rings (SSSR count). The zero-order chi connectivity index (χ0) is 13.8. The number of hydrogen-bond acceptors (Lipinski definition) is 6. The summed E-state index contributed by atoms with van der Waals surface area (Å²) in [6.07, 6.45) is 0. The Morgan fingerprint density at radius 3 is 3.00 bits per heavy atom. The van der Waals surface area contributed by atoms with Crippen molar-refractivity contribution in [3.8, 4) is 0 Å². The Labute approximate surface area is 119 Å². The molecule has 1 atom stereocenters. The second-order valence-corrected chi connectivity index (χ2v) is 6.53. The van der Waals surface area contributed by atoms with Gasteiger partial charge in [0, 0.05) is 19.0 Å². The van der Waals surface area contributed by atoms with Crippen LogP contribution in [0.3, 0.4) is 0 Å². The van der Waals surface area contributed by atoms with Crippen molar-refractivity contribution < 1.29 is 4.79 Å². The van der Waals surface area contributed by atoms with Gasteiger partial charge < -0.3 is 4.90 Å². The standard InChI is InChI=1S/C11H15N5OS2/c1-8(10(17)15(2)3)19-11-12-13-14-16(11)7-9-5-4-6-18-9/h4-6,8H,7H2,1-3H3. The van der Waals surface area contributed by atoms with E-state index in [1.165, 1.54) is 16.6 Å². The van der Waals surface area contributed by atoms with Crippen LogP contribution in [0.5, 0.6) is 0 Å². The second kappa shape index (κ2) is 6.16. The molecule has 2 aromatic rings. The molecule has 0 saturated carbocycles. The number of carbonyl (C=O) groups excluding carboxylic acids is 1. The van der Waals surface area contributed by atoms with E-state index < -0.39 is 0 Å². The Morgan fingerprint density at radius 1 is 1.58 bits per heavy atom. The number of amides is 1. The minimum atomic E-state index is -0.205. The molecule has 6 nitrogen and oxygen atoms in total. The van der Waals surface area contributed by atoms with Gasteiger partial charge in [-0.25, -0.2) is 4.68 Å². The summed E-state index contributed by atoms with van der Waals surface area (Å²) in [5, 5.41) is 14.1. The summed E-state index contributed by atoms with van der Waals surface area (Å²) in [6.45, 7) is 2.49. The lowest BCUT2D eigenvalue weighted by atomic mass is 10.4. The third-order valence-corrected chi connectivity index (χ3v) is 4.38. The first kappa shape index (κ1) is 14.0. The van der Waals surface area contributed by atoms with Crippen LogP contribution in [0.4, 0.5) is 0 Å². The molecule has 0 aliphatic carbocycles. The van der Waals surface area contributed by atoms with Crippen molar-refractivity contribution in [2.45, 2.75) is 23.9 Å². The van der Waals surface area contributed by atoms with Gasteiger partial charge in [0.25, 0.3) is 0 Å². The van der Waals surface area contributed by atoms with Crippen molar-refractivity contribution in [1.29, 1.82) is 0 Å². The van der Waals surface area contributed by atoms with Gasteiger partial charge in [0.15, 0.2) is 0 Å². The molecule has 0 fully saturated rings. The molecule has 0 bridgehead atoms. The lowest BCUT2D eigenvalue weighted by molar-refractivity contribution is -0.127. The molecule has 0 aliphatic rings. The topological polar surface area (TPSA) is 63.9 Å². The number of hydrogen-bond donors (Lipinski definition) is 0. The number of nitrogens with zero attached hydrogens (tertiary/aromatic N) is 5. The molecule has 1 amide bonds. The summed E-state index contributed by atoms with van der Waals surface area (Å²) in [4.78, 5) is 14.6. The number of carbonyl (C=O) groups is 1. The largest absolute Gasteiger partial charge is 0.348 e. The molecule has 2 heterocycles. The minimum absolute atomic E-state index is 0.0515. The molecule has 0 radical (unpaired) electrons. The highest BCUT2D eigenvalue weighted by molar-refractivity contribution is 8.00. The average Bonchev–Trinajstić information content (AvgIpc) is 3.01. The van der Waals surface area contributed by atoms with Crippen molar-refractivity contribution in [3.05, 3.63) is 22.4 Å². The molecule has 2 aromatic heterocycles. The molecule has 102 valence electrons. The highest BCUT2D eigenvalue weighted by Gasteiger charge is 2.19. The third kappa shape index (κ3) is 3.54. The number of rotatable bonds is 5. The van der Waals surface area contributed by atoms with E-state index in [1.807, 2.05) is 24.4 Å². The smallest absolute Gasteiger partial charge is 0.235 e. The maximum atomic E-state index is 11.8. The van der Waals surface area contributed by atoms with E-state index in [9.17, 15) is 4.79 Å². The second-order valence-electron chi connectivity index (χ2n) is 4.19. The molecule has 19 heavy (non-hydrogen) atoms. The predicted octanol–water partition coefficient (Wildman–Crippen LogP) is 1.35. The highest BCUT2D eigenvalue weighted by atomic mass is 32.2. The van der Waals surface area contributed by atoms with Gasteiger partial charge in [-0.2, -0.15) is 0 Å². The monoisotopic (exact) mass is 297 g/mol. The van der Waals surface area contributed by atoms with Gasteiger partial charge in [-0.05, 0) is 28.8 Å². The van der Waals surface area contributed by atoms with Crippen molar-refractivity contribution in [1.82, 2.24) is 25.1 Å². The lowest BCUT2D eigenvalue weighted by Crippen LogP contribution is -2.29. The summed E-state index contributed by atoms with van der Waals surface area (Å²) in [5.41, 5.74) is 0. The van der Waals surface area contributed by atoms with Crippen molar-refractivity contribution >= 4 is 29.0 Å². The molecular weight excluding hydrogens is 282 g/mol. The van der Waals surface area contributed by atoms with Crippen LogP contribution in [0.2, 0.25) is 0 Å². The van der Waals surface area contributed by atoms with E-state index in [0.29, 0.717) is 11.7 Å². The average molecular weight is 297 g/mol. The van der Waals surface area contributed by atoms with E-state index in [4.69, 9.17) is 0 Å². The van der Waals surface area contributed by atoms with Gasteiger partial charge in [0.2, 0.25) is 11.1 Å². The maximum absolute atomic E-state index is 11.8. The Hall–Kier alpha value is -1.41. The van der Waals surface area contributed by atoms with Crippen LogP contribution in [-0.4, -0.2) is 50.4 Å². The van der Waals surface area contributed by atoms with Gasteiger partial charge >= 0.3 is 0 Å². The van der Waals surface area contributed by atoms with Crippen LogP contribution in [0.1, 0.15) is 11.8 Å². The highest BCUT2D eigenvalue weighted by Crippen LogP contribution is 2.22. The SMILES string of the molecule is CC(Sc1nnnn1Cc1cccs1)C(=O)N(C)C. The Morgan fingerprint density at radius 2 is 2.37 bits per heavy atom. The fraction of sp³-hybridized carbons (Fsp3) is 0.455. The molecule has 0 aliphatic heterocycles. The Balaban J connectivity index is 2.05. The van der Waals surface area contributed by atoms with Crippen LogP contribution in [0.25, 0.3) is 0 Å². The number of thiophene rings is 1. The summed E-state index contributed by atoms with van der Waals surface area (Å²) in [7, 11) is 3.49. The fourth-order valence-corrected chi connectivity index (χ4v) is 3.12. The summed E-state index contributed by atoms with van der Waals surface area (Å²) in [5.74, 6) is 0.0515. The number of thioether (sulfide) groups is 1. The first-order valence-corrected chi connectivity index (χ1v) is 7.50. The zero-order valence-electron chi connectivity index (χ0n) is 11.0. The van der Waals surface area contributed by atoms with Crippen LogP contribution in [-0.2, 0) is 11.3 Å². The molecule has 0 N–H and O–H groups in total. The van der Waals surface area contributed by atoms with Crippen molar-refractivity contribution in [3.63, 3.8) is 0 Å². The van der Waals surface area contributed by atoms with E-state index in [2.05, 4.69) is 15.5 Å². The van der Waals surface area contributed by atoms with Crippen LogP contribution in [0, 0.1) is 0 Å². The third-order valence-electron chi connectivity index (χ3n) is 2.46. The Kier molecular flexibility index (Phi) is 4.54. The molecular formula is C11H15N5OS2. The summed E-state index contributed by atoms with van der Waals surface area (Å²) < 4.78 is 1.72. The molecule has 1 unspecified atom stereocenters. The number of tetrazole rings is 1. The van der Waals surface area contributed by atoms with Gasteiger partial charge in [-0.15, -0.1) is 16.4 Å². The predicted molar refractivity (Wildman–Crippen MR) is 75.3 cm³/mol. The first-order chi connectivity index (χ1) is 9.08. The maximum Gasteiger partial charge on any atom is 0.235 e. The molecule has 0 saturated heterocycles. The van der Waals surface area contributed by atoms with Crippen LogP contribution < -0.4 is 0 Å². The molecule has 0 aromatic carbocycles. The van der Waals surface area contributed by atoms with E-state index in [1.54, 1.807) is 35.0 Å². The van der Waals surface area contributed by atoms with Crippen molar-refractivity contribution in [2.24, 2.45) is 0 Å². The van der Waals surface area contributed by atoms with Gasteiger partial charge in [-0.3, -0.25) is 4.79 Å². The summed E-state index contributed by atoms with van der Waals surface area (Å²) >= 11 is 3.03. The lowest BCUT2D eigenvalue weighted by Gasteiger charge is -2.15. The van der Waals surface area contributed by atoms with Gasteiger partial charge in [-0.1, -0.05) is 17.8 Å². The molecule has 8 heteroatoms. The first-order valence-electron chi connectivity index (χ1n) is 5.74. The van der Waals surface area contributed by atoms with Crippen LogP contribution in [0.15, 0.2) is 22.7 Å². The summed E-state index contributed by atoms with van der Waals surface area (Å²) in [6, 6.07) is 4.03. The van der Waals surface area contributed by atoms with Gasteiger partial charge in [0.1, 0.15) is 0 Å². The fourth-order valence-electron chi connectivity index (χ4n) is 1.50. The quantitative estimate of drug-likeness (QED) is 0.780. The van der Waals surface area contributed by atoms with Crippen LogP contribution >= 0.6 is 23.1 Å². The van der Waals surface area contributed by atoms with Gasteiger partial charge in [0.05, 0.1) is 11.8 Å². The van der Waals surface area contributed by atoms with E-state index >= 15 is 0 Å². The minimum Gasteiger partial charge on any atom is -0.348 e. The van der Waals surface area contributed by atoms with Crippen molar-refractivity contribution in [2.75, 3.05) is 14.1 Å².